The lowest BCUT2D eigenvalue weighted by molar-refractivity contribution is -0.117. The monoisotopic (exact) mass is 273 g/mol. The molecule has 3 rings (SSSR count). The molecule has 0 saturated heterocycles. The molecule has 0 bridgehead atoms. The van der Waals surface area contributed by atoms with Crippen LogP contribution in [0.15, 0.2) is 24.3 Å². The third-order valence-electron chi connectivity index (χ3n) is 4.23. The van der Waals surface area contributed by atoms with Crippen LogP contribution in [-0.4, -0.2) is 17.5 Å². The molecule has 0 spiro atoms. The minimum Gasteiger partial charge on any atom is -0.455 e. The van der Waals surface area contributed by atoms with Crippen molar-refractivity contribution < 1.29 is 14.3 Å². The highest BCUT2D eigenvalue weighted by Gasteiger charge is 2.50. The van der Waals surface area contributed by atoms with Crippen molar-refractivity contribution in [2.75, 3.05) is 5.32 Å². The van der Waals surface area contributed by atoms with Gasteiger partial charge in [-0.25, -0.2) is 4.79 Å². The van der Waals surface area contributed by atoms with E-state index in [1.54, 1.807) is 24.3 Å². The zero-order chi connectivity index (χ0) is 14.3. The van der Waals surface area contributed by atoms with Gasteiger partial charge in [0.2, 0.25) is 5.91 Å². The molecule has 106 valence electrons. The van der Waals surface area contributed by atoms with Gasteiger partial charge in [-0.2, -0.15) is 0 Å². The van der Waals surface area contributed by atoms with E-state index in [0.29, 0.717) is 17.2 Å². The Morgan fingerprint density at radius 3 is 2.65 bits per heavy atom. The minimum atomic E-state index is -0.320. The summed E-state index contributed by atoms with van der Waals surface area (Å²) in [5.74, 6) is 0.290. The molecule has 0 radical (unpaired) electrons. The largest absolute Gasteiger partial charge is 0.455 e. The quantitative estimate of drug-likeness (QED) is 0.858. The number of anilines is 1. The van der Waals surface area contributed by atoms with Crippen molar-refractivity contribution in [1.29, 1.82) is 0 Å². The van der Waals surface area contributed by atoms with E-state index in [1.807, 2.05) is 6.92 Å². The van der Waals surface area contributed by atoms with Crippen LogP contribution in [0, 0.1) is 11.8 Å². The van der Waals surface area contributed by atoms with Gasteiger partial charge in [0.15, 0.2) is 0 Å². The van der Waals surface area contributed by atoms with Gasteiger partial charge in [-0.3, -0.25) is 4.79 Å². The first-order valence-electron chi connectivity index (χ1n) is 7.12. The molecule has 20 heavy (non-hydrogen) atoms. The van der Waals surface area contributed by atoms with E-state index in [2.05, 4.69) is 12.2 Å². The first-order valence-corrected chi connectivity index (χ1v) is 7.12. The summed E-state index contributed by atoms with van der Waals surface area (Å²) in [5, 5.41) is 2.84. The van der Waals surface area contributed by atoms with Crippen LogP contribution in [0.1, 0.15) is 43.5 Å². The van der Waals surface area contributed by atoms with Gasteiger partial charge < -0.3 is 10.1 Å². The Kier molecular flexibility index (Phi) is 3.04. The van der Waals surface area contributed by atoms with Gasteiger partial charge in [0.1, 0.15) is 5.60 Å². The molecule has 2 saturated carbocycles. The van der Waals surface area contributed by atoms with Crippen LogP contribution in [0.2, 0.25) is 0 Å². The van der Waals surface area contributed by atoms with Crippen LogP contribution in [0.4, 0.5) is 5.69 Å². The lowest BCUT2D eigenvalue weighted by atomic mass is 10.2. The minimum absolute atomic E-state index is 0.0401. The molecule has 1 aromatic carbocycles. The molecule has 0 aliphatic heterocycles. The standard InChI is InChI=1S/C16H19NO3/c1-10-9-16(10,2)20-15(19)12-4-3-5-13(8-12)17-14(18)11-6-7-11/h3-5,8,10-11H,6-7,9H2,1-2H3,(H,17,18)/t10-,16-/m1/s1. The summed E-state index contributed by atoms with van der Waals surface area (Å²) in [4.78, 5) is 23.8. The van der Waals surface area contributed by atoms with Crippen LogP contribution in [0.25, 0.3) is 0 Å². The fourth-order valence-corrected chi connectivity index (χ4v) is 2.28. The number of rotatable bonds is 4. The number of benzene rings is 1. The maximum absolute atomic E-state index is 12.1. The summed E-state index contributed by atoms with van der Waals surface area (Å²) >= 11 is 0. The number of nitrogens with one attached hydrogen (secondary N) is 1. The van der Waals surface area contributed by atoms with Crippen LogP contribution in [0.5, 0.6) is 0 Å². The van der Waals surface area contributed by atoms with E-state index in [0.717, 1.165) is 19.3 Å². The second-order valence-corrected chi connectivity index (χ2v) is 6.15. The third kappa shape index (κ3) is 2.69. The van der Waals surface area contributed by atoms with E-state index >= 15 is 0 Å². The Hall–Kier alpha value is -1.84. The molecular formula is C16H19NO3. The van der Waals surface area contributed by atoms with Gasteiger partial charge in [-0.05, 0) is 50.3 Å². The highest BCUT2D eigenvalue weighted by Crippen LogP contribution is 2.46. The first-order chi connectivity index (χ1) is 9.48. The number of carbonyl (C=O) groups is 2. The smallest absolute Gasteiger partial charge is 0.338 e. The predicted octanol–water partition coefficient (Wildman–Crippen LogP) is 2.99. The number of carbonyl (C=O) groups excluding carboxylic acids is 2. The first kappa shape index (κ1) is 13.2. The van der Waals surface area contributed by atoms with Crippen molar-refractivity contribution in [3.63, 3.8) is 0 Å². The van der Waals surface area contributed by atoms with Gasteiger partial charge >= 0.3 is 5.97 Å². The zero-order valence-corrected chi connectivity index (χ0v) is 11.8. The molecule has 0 unspecified atom stereocenters. The van der Waals surface area contributed by atoms with Crippen molar-refractivity contribution in [3.05, 3.63) is 29.8 Å². The molecule has 1 aromatic rings. The van der Waals surface area contributed by atoms with Gasteiger partial charge in [0, 0.05) is 11.6 Å². The third-order valence-corrected chi connectivity index (χ3v) is 4.23. The average molecular weight is 273 g/mol. The van der Waals surface area contributed by atoms with Gasteiger partial charge in [0.25, 0.3) is 0 Å². The molecule has 0 heterocycles. The second-order valence-electron chi connectivity index (χ2n) is 6.15. The Balaban J connectivity index is 1.67. The van der Waals surface area contributed by atoms with Crippen LogP contribution < -0.4 is 5.32 Å². The summed E-state index contributed by atoms with van der Waals surface area (Å²) in [7, 11) is 0. The van der Waals surface area contributed by atoms with Crippen molar-refractivity contribution in [2.24, 2.45) is 11.8 Å². The molecule has 0 aromatic heterocycles. The Morgan fingerprint density at radius 2 is 2.05 bits per heavy atom. The summed E-state index contributed by atoms with van der Waals surface area (Å²) in [5.41, 5.74) is 0.828. The zero-order valence-electron chi connectivity index (χ0n) is 11.8. The molecule has 4 heteroatoms. The van der Waals surface area contributed by atoms with Crippen LogP contribution >= 0.6 is 0 Å². The molecule has 2 aliphatic carbocycles. The molecule has 1 N–H and O–H groups in total. The maximum Gasteiger partial charge on any atom is 0.338 e. The van der Waals surface area contributed by atoms with Gasteiger partial charge in [-0.1, -0.05) is 13.0 Å². The Morgan fingerprint density at radius 1 is 1.35 bits per heavy atom. The maximum atomic E-state index is 12.1. The Bertz CT molecular complexity index is 565. The lowest BCUT2D eigenvalue weighted by Gasteiger charge is -2.13. The predicted molar refractivity (Wildman–Crippen MR) is 75.4 cm³/mol. The molecule has 2 atom stereocenters. The Labute approximate surface area is 118 Å². The fourth-order valence-electron chi connectivity index (χ4n) is 2.28. The van der Waals surface area contributed by atoms with Gasteiger partial charge in [0.05, 0.1) is 5.56 Å². The lowest BCUT2D eigenvalue weighted by Crippen LogP contribution is -2.18. The molecule has 4 nitrogen and oxygen atoms in total. The van der Waals surface area contributed by atoms with E-state index in [1.165, 1.54) is 0 Å². The number of hydrogen-bond acceptors (Lipinski definition) is 3. The van der Waals surface area contributed by atoms with Crippen molar-refractivity contribution in [1.82, 2.24) is 0 Å². The fraction of sp³-hybridized carbons (Fsp3) is 0.500. The van der Waals surface area contributed by atoms with Crippen molar-refractivity contribution in [3.8, 4) is 0 Å². The number of ether oxygens (including phenoxy) is 1. The summed E-state index contributed by atoms with van der Waals surface area (Å²) < 4.78 is 5.52. The van der Waals surface area contributed by atoms with E-state index in [4.69, 9.17) is 4.74 Å². The normalized spacial score (nSPS) is 27.8. The molecule has 2 aliphatic rings. The van der Waals surface area contributed by atoms with Gasteiger partial charge in [-0.15, -0.1) is 0 Å². The summed E-state index contributed by atoms with van der Waals surface area (Å²) in [6.07, 6.45) is 2.84. The highest BCUT2D eigenvalue weighted by atomic mass is 16.6. The SMILES string of the molecule is C[C@@H]1C[C@@]1(C)OC(=O)c1cccc(NC(=O)C2CC2)c1. The second kappa shape index (κ2) is 4.62. The van der Waals surface area contributed by atoms with Crippen molar-refractivity contribution >= 4 is 17.6 Å². The molecule has 2 fully saturated rings. The number of amides is 1. The summed E-state index contributed by atoms with van der Waals surface area (Å²) in [6, 6.07) is 6.95. The number of esters is 1. The van der Waals surface area contributed by atoms with E-state index in [9.17, 15) is 9.59 Å². The average Bonchev–Trinajstić information content (AvgIpc) is 3.29. The summed E-state index contributed by atoms with van der Waals surface area (Å²) in [6.45, 7) is 4.02. The molecule has 1 amide bonds. The van der Waals surface area contributed by atoms with E-state index < -0.39 is 0 Å². The highest BCUT2D eigenvalue weighted by molar-refractivity contribution is 5.96. The topological polar surface area (TPSA) is 55.4 Å². The van der Waals surface area contributed by atoms with Crippen LogP contribution in [-0.2, 0) is 9.53 Å². The van der Waals surface area contributed by atoms with E-state index in [-0.39, 0.29) is 23.4 Å². The number of hydrogen-bond donors (Lipinski definition) is 1. The van der Waals surface area contributed by atoms with Crippen LogP contribution in [0.3, 0.4) is 0 Å². The van der Waals surface area contributed by atoms with Crippen molar-refractivity contribution in [2.45, 2.75) is 38.7 Å². The molecular weight excluding hydrogens is 254 g/mol.